The molecule has 20 heavy (non-hydrogen) atoms. The molecule has 6 nitrogen and oxygen atoms in total. The van der Waals surface area contributed by atoms with Gasteiger partial charge in [0.2, 0.25) is 0 Å². The van der Waals surface area contributed by atoms with E-state index in [-0.39, 0.29) is 12.3 Å². The number of aryl methyl sites for hydroxylation is 1. The van der Waals surface area contributed by atoms with E-state index >= 15 is 0 Å². The summed E-state index contributed by atoms with van der Waals surface area (Å²) in [6.45, 7) is 2.09. The summed E-state index contributed by atoms with van der Waals surface area (Å²) >= 11 is 6.08. The first kappa shape index (κ1) is 14.5. The Kier molecular flexibility index (Phi) is 4.36. The Hall–Kier alpha value is -1.92. The maximum absolute atomic E-state index is 11.0. The number of aldehydes is 1. The Bertz CT molecular complexity index is 640. The minimum atomic E-state index is 0.214. The third-order valence-corrected chi connectivity index (χ3v) is 3.28. The number of hydrogen-bond donors (Lipinski definition) is 0. The van der Waals surface area contributed by atoms with Crippen molar-refractivity contribution < 1.29 is 14.3 Å². The summed E-state index contributed by atoms with van der Waals surface area (Å²) in [5.74, 6) is 0.542. The highest BCUT2D eigenvalue weighted by Gasteiger charge is 2.17. The van der Waals surface area contributed by atoms with Gasteiger partial charge in [-0.25, -0.2) is 4.68 Å². The number of aromatic nitrogens is 3. The number of carbonyl (C=O) groups is 1. The van der Waals surface area contributed by atoms with E-state index in [0.717, 1.165) is 5.56 Å². The topological polar surface area (TPSA) is 66.2 Å². The molecule has 0 saturated heterocycles. The van der Waals surface area contributed by atoms with Crippen molar-refractivity contribution in [2.75, 3.05) is 14.2 Å². The van der Waals surface area contributed by atoms with E-state index in [2.05, 4.69) is 10.3 Å². The summed E-state index contributed by atoms with van der Waals surface area (Å²) in [6, 6.07) is 3.52. The van der Waals surface area contributed by atoms with Crippen molar-refractivity contribution in [3.63, 3.8) is 0 Å². The minimum Gasteiger partial charge on any atom is -0.494 e. The van der Waals surface area contributed by atoms with Gasteiger partial charge in [0.25, 0.3) is 0 Å². The summed E-state index contributed by atoms with van der Waals surface area (Å²) in [7, 11) is 3.08. The number of halogens is 1. The van der Waals surface area contributed by atoms with Crippen LogP contribution in [0.1, 0.15) is 21.7 Å². The monoisotopic (exact) mass is 295 g/mol. The molecule has 0 unspecified atom stereocenters. The second kappa shape index (κ2) is 6.02. The smallest absolute Gasteiger partial charge is 0.172 e. The van der Waals surface area contributed by atoms with Crippen LogP contribution in [0.2, 0.25) is 5.02 Å². The van der Waals surface area contributed by atoms with Crippen molar-refractivity contribution >= 4 is 17.9 Å². The minimum absolute atomic E-state index is 0.214. The van der Waals surface area contributed by atoms with Crippen molar-refractivity contribution in [2.24, 2.45) is 0 Å². The van der Waals surface area contributed by atoms with E-state index in [9.17, 15) is 4.79 Å². The fourth-order valence-corrected chi connectivity index (χ4v) is 2.00. The lowest BCUT2D eigenvalue weighted by Crippen LogP contribution is -2.07. The van der Waals surface area contributed by atoms with Gasteiger partial charge in [-0.3, -0.25) is 4.79 Å². The zero-order valence-electron chi connectivity index (χ0n) is 11.4. The predicted octanol–water partition coefficient (Wildman–Crippen LogP) is 2.20. The van der Waals surface area contributed by atoms with Crippen molar-refractivity contribution in [3.8, 4) is 11.4 Å². The molecule has 2 rings (SSSR count). The molecule has 0 spiro atoms. The highest BCUT2D eigenvalue weighted by molar-refractivity contribution is 6.31. The molecule has 106 valence electrons. The van der Waals surface area contributed by atoms with Gasteiger partial charge >= 0.3 is 0 Å². The lowest BCUT2D eigenvalue weighted by atomic mass is 10.2. The highest BCUT2D eigenvalue weighted by Crippen LogP contribution is 2.30. The second-order valence-corrected chi connectivity index (χ2v) is 4.56. The molecule has 0 fully saturated rings. The summed E-state index contributed by atoms with van der Waals surface area (Å²) in [6.07, 6.45) is 0.646. The maximum atomic E-state index is 11.0. The summed E-state index contributed by atoms with van der Waals surface area (Å²) < 4.78 is 11.9. The fraction of sp³-hybridized carbons (Fsp3) is 0.308. The van der Waals surface area contributed by atoms with Crippen LogP contribution in [0.25, 0.3) is 5.69 Å². The highest BCUT2D eigenvalue weighted by atomic mass is 35.5. The summed E-state index contributed by atoms with van der Waals surface area (Å²) in [5, 5.41) is 8.41. The van der Waals surface area contributed by atoms with Gasteiger partial charge in [0.1, 0.15) is 17.1 Å². The number of methoxy groups -OCH3 is 2. The molecule has 0 aliphatic carbocycles. The zero-order chi connectivity index (χ0) is 14.7. The molecule has 1 heterocycles. The largest absolute Gasteiger partial charge is 0.494 e. The molecule has 0 saturated carbocycles. The summed E-state index contributed by atoms with van der Waals surface area (Å²) in [4.78, 5) is 11.0. The van der Waals surface area contributed by atoms with Crippen LogP contribution in [0.15, 0.2) is 12.1 Å². The van der Waals surface area contributed by atoms with E-state index in [4.69, 9.17) is 21.1 Å². The Morgan fingerprint density at radius 2 is 2.15 bits per heavy atom. The second-order valence-electron chi connectivity index (χ2n) is 4.16. The van der Waals surface area contributed by atoms with Gasteiger partial charge in [-0.05, 0) is 18.6 Å². The number of nitrogens with zero attached hydrogens (tertiary/aromatic N) is 3. The first-order chi connectivity index (χ1) is 9.62. The first-order valence-corrected chi connectivity index (χ1v) is 6.23. The number of carbonyl (C=O) groups excluding carboxylic acids is 1. The Morgan fingerprint density at radius 1 is 1.40 bits per heavy atom. The van der Waals surface area contributed by atoms with Crippen LogP contribution in [0.5, 0.6) is 5.75 Å². The average Bonchev–Trinajstić information content (AvgIpc) is 2.84. The molecular formula is C13H14ClN3O3. The molecule has 0 radical (unpaired) electrons. The zero-order valence-corrected chi connectivity index (χ0v) is 12.1. The van der Waals surface area contributed by atoms with Crippen LogP contribution < -0.4 is 4.74 Å². The fourth-order valence-electron chi connectivity index (χ4n) is 1.85. The van der Waals surface area contributed by atoms with Gasteiger partial charge in [-0.1, -0.05) is 16.8 Å². The summed E-state index contributed by atoms with van der Waals surface area (Å²) in [5.41, 5.74) is 2.32. The number of benzene rings is 1. The maximum Gasteiger partial charge on any atom is 0.172 e. The van der Waals surface area contributed by atoms with E-state index in [1.807, 2.05) is 13.0 Å². The van der Waals surface area contributed by atoms with Gasteiger partial charge in [-0.15, -0.1) is 5.10 Å². The van der Waals surface area contributed by atoms with E-state index in [1.54, 1.807) is 6.07 Å². The molecular weight excluding hydrogens is 282 g/mol. The van der Waals surface area contributed by atoms with Gasteiger partial charge in [-0.2, -0.15) is 0 Å². The molecule has 0 amide bonds. The molecule has 2 aromatic rings. The quantitative estimate of drug-likeness (QED) is 0.791. The molecule has 1 aromatic heterocycles. The van der Waals surface area contributed by atoms with Gasteiger partial charge in [0.15, 0.2) is 12.0 Å². The van der Waals surface area contributed by atoms with Crippen molar-refractivity contribution in [1.29, 1.82) is 0 Å². The molecule has 1 aromatic carbocycles. The molecule has 0 bridgehead atoms. The van der Waals surface area contributed by atoms with Gasteiger partial charge < -0.3 is 9.47 Å². The van der Waals surface area contributed by atoms with Crippen molar-refractivity contribution in [3.05, 3.63) is 34.1 Å². The lowest BCUT2D eigenvalue weighted by Gasteiger charge is -2.12. The van der Waals surface area contributed by atoms with E-state index in [0.29, 0.717) is 28.4 Å². The van der Waals surface area contributed by atoms with Crippen LogP contribution >= 0.6 is 11.6 Å². The van der Waals surface area contributed by atoms with E-state index in [1.165, 1.54) is 18.9 Å². The van der Waals surface area contributed by atoms with Crippen LogP contribution in [0.3, 0.4) is 0 Å². The number of rotatable bonds is 5. The SMILES string of the molecule is COCc1c(C=O)nnn1-c1cc(C)c(Cl)cc1OC. The van der Waals surface area contributed by atoms with Gasteiger partial charge in [0, 0.05) is 18.2 Å². The number of hydrogen-bond acceptors (Lipinski definition) is 5. The van der Waals surface area contributed by atoms with E-state index < -0.39 is 0 Å². The number of ether oxygens (including phenoxy) is 2. The van der Waals surface area contributed by atoms with Crippen molar-refractivity contribution in [2.45, 2.75) is 13.5 Å². The van der Waals surface area contributed by atoms with Crippen molar-refractivity contribution in [1.82, 2.24) is 15.0 Å². The third kappa shape index (κ3) is 2.52. The predicted molar refractivity (Wildman–Crippen MR) is 73.8 cm³/mol. The van der Waals surface area contributed by atoms with Crippen LogP contribution in [0, 0.1) is 6.92 Å². The Balaban J connectivity index is 2.64. The lowest BCUT2D eigenvalue weighted by molar-refractivity contribution is 0.111. The van der Waals surface area contributed by atoms with Crippen LogP contribution in [-0.4, -0.2) is 35.5 Å². The standard InChI is InChI=1S/C13H14ClN3O3/c1-8-4-11(13(20-3)5-9(8)14)17-12(7-19-2)10(6-18)15-16-17/h4-6H,7H2,1-3H3. The Labute approximate surface area is 121 Å². The Morgan fingerprint density at radius 3 is 2.75 bits per heavy atom. The first-order valence-electron chi connectivity index (χ1n) is 5.85. The molecule has 0 atom stereocenters. The van der Waals surface area contributed by atoms with Gasteiger partial charge in [0.05, 0.1) is 13.7 Å². The molecule has 0 N–H and O–H groups in total. The molecule has 0 aliphatic heterocycles. The van der Waals surface area contributed by atoms with Crippen LogP contribution in [-0.2, 0) is 11.3 Å². The normalized spacial score (nSPS) is 10.6. The molecule has 0 aliphatic rings. The average molecular weight is 296 g/mol. The molecule has 7 heteroatoms. The third-order valence-electron chi connectivity index (χ3n) is 2.87. The van der Waals surface area contributed by atoms with Crippen LogP contribution in [0.4, 0.5) is 0 Å².